The summed E-state index contributed by atoms with van der Waals surface area (Å²) >= 11 is 0. The van der Waals surface area contributed by atoms with E-state index in [9.17, 15) is 123 Å². The van der Waals surface area contributed by atoms with Crippen molar-refractivity contribution in [1.29, 1.82) is 0 Å². The van der Waals surface area contributed by atoms with E-state index in [1.54, 1.807) is 0 Å². The average Bonchev–Trinajstić information content (AvgIpc) is 0.775. The molecule has 18 unspecified atom stereocenters. The van der Waals surface area contributed by atoms with Crippen molar-refractivity contribution < 1.29 is 237 Å². The molecule has 9 aliphatic heterocycles. The Morgan fingerprint density at radius 3 is 0.871 bits per heavy atom. The molecule has 0 radical (unpaired) electrons. The minimum atomic E-state index is -1.99. The van der Waals surface area contributed by atoms with Crippen molar-refractivity contribution in [3.8, 4) is 0 Å². The third kappa shape index (κ3) is 23.4. The van der Waals surface area contributed by atoms with Crippen molar-refractivity contribution >= 4 is 0 Å². The number of rotatable bonds is 38. The number of aliphatic hydroxyl groups excluding tert-OH is 24. The van der Waals surface area contributed by atoms with Crippen LogP contribution >= 0.6 is 0 Å². The summed E-state index contributed by atoms with van der Waals surface area (Å²) in [5.41, 5.74) is 0. The van der Waals surface area contributed by atoms with Gasteiger partial charge >= 0.3 is 0 Å². The van der Waals surface area contributed by atoms with Crippen LogP contribution in [-0.2, 0) is 114 Å². The van der Waals surface area contributed by atoms with Gasteiger partial charge in [0.25, 0.3) is 0 Å². The first kappa shape index (κ1) is 99.5. The van der Waals surface area contributed by atoms with Gasteiger partial charge in [-0.25, -0.2) is 9.78 Å². The lowest BCUT2D eigenvalue weighted by atomic mass is 9.86. The summed E-state index contributed by atoms with van der Waals surface area (Å²) < 4.78 is 123. The minimum absolute atomic E-state index is 0.00826. The fraction of sp³-hybridized carbons (Fsp3) is 1.00. The lowest BCUT2D eigenvalue weighted by Crippen LogP contribution is -2.67. The van der Waals surface area contributed by atoms with Crippen molar-refractivity contribution in [2.75, 3.05) is 155 Å². The molecule has 45 atom stereocenters. The zero-order chi connectivity index (χ0) is 85.3. The van der Waals surface area contributed by atoms with E-state index in [1.807, 2.05) is 0 Å². The van der Waals surface area contributed by atoms with Crippen LogP contribution in [0, 0.1) is 29.6 Å². The number of aliphatic hydroxyl groups is 24. The highest BCUT2D eigenvalue weighted by Gasteiger charge is 2.58. The van der Waals surface area contributed by atoms with Gasteiger partial charge in [-0.2, -0.15) is 0 Å². The van der Waals surface area contributed by atoms with Gasteiger partial charge in [0.05, 0.1) is 174 Å². The van der Waals surface area contributed by atoms with Gasteiger partial charge in [0.1, 0.15) is 140 Å². The molecule has 9 saturated heterocycles. The Labute approximate surface area is 665 Å². The fourth-order valence-electron chi connectivity index (χ4n) is 15.5. The summed E-state index contributed by atoms with van der Waals surface area (Å²) in [7, 11) is 8.95. The standard InChI is InChI=1S/C41H74O27.C27H48O21/c1-55-8-17-23(6-43)65-39(36(52)31(17)47)61-15-25-19(10-57-3)29(45)35(51)28(64-25)14-59-11-20-22(5-42)63-27(34(50)30(20)46)13-60-12-21-26(67-41(68-58-4)38(54)33(21)49)16-62-40-37(53)32(48)18(9-56-2)24(7-44)66-40;1-39-20-8(4-28)44-25(17(36)12(20)31)42-7-11-23(48-26-18(37)13(32)21(40-2)9(5-29)45-26)15(34)19(38)27(46-11)47-22-10(6-30)43-24(41-3)16(35)14(22)33/h17-54H,5-16H2,1-4H3;8-38H,4-7H2,1-3H3/t17-,18-,19-,20-,21-,22?,23?,24?,25?,26?,27-,28-,29-,30-,31-,32-,33-,34?,35?,36?,37?,38?,39+,40+,41-;8?,9?,10?,11?,12-,13-,14-,15-,16?,17?,18?,19?,20-,21-,22-,23-,24+,25+,26-,27-/m11/s1. The maximum absolute atomic E-state index is 11.3. The van der Waals surface area contributed by atoms with Crippen LogP contribution in [0.4, 0.5) is 0 Å². The van der Waals surface area contributed by atoms with Crippen LogP contribution in [-0.4, -0.2) is 523 Å². The SMILES string of the molecule is COC[C@@H]1C(CO)O[C@H](OCC2O[C@H](OOC)C(O)[C@H](O)[C@@H]2COC[C@H]2OC(CO)[C@@H](COC[C@H]3OC(CO[C@H]4OC(CO)[C@@H](COC)[C@@H](O)C4O)[C@@H](COC)[C@@H](O)C3O)[C@@H](O)C2O)C(O)[C@@H]1O.CO[C@H]1OC(CO)[C@@H](O[C@H]2OC(CO[C@H]3OC(CO)[C@@H](OC)[C@H](O)C3O)[C@@H](O[C@H]3OC(CO)[C@@H](OC)[C@H](O)C3O)[C@H](O)C2O)[C@H](O)C1O. The van der Waals surface area contributed by atoms with Gasteiger partial charge in [-0.15, -0.1) is 0 Å². The Balaban J connectivity index is 0.000000307. The zero-order valence-corrected chi connectivity index (χ0v) is 64.8. The first-order chi connectivity index (χ1) is 55.5. The van der Waals surface area contributed by atoms with Gasteiger partial charge in [0.2, 0.25) is 6.29 Å². The van der Waals surface area contributed by atoms with E-state index in [2.05, 4.69) is 4.89 Å². The van der Waals surface area contributed by atoms with Crippen molar-refractivity contribution in [1.82, 2.24) is 0 Å². The topological polar surface area (TPSA) is 707 Å². The van der Waals surface area contributed by atoms with Crippen LogP contribution in [0.2, 0.25) is 0 Å². The molecule has 0 aromatic heterocycles. The molecule has 9 rings (SSSR count). The maximum atomic E-state index is 11.3. The maximum Gasteiger partial charge on any atom is 0.220 e. The number of ether oxygens (including phenoxy) is 22. The number of hydrogen-bond donors (Lipinski definition) is 24. The molecule has 0 aromatic carbocycles. The molecule has 24 N–H and O–H groups in total. The summed E-state index contributed by atoms with van der Waals surface area (Å²) in [4.78, 5) is 9.62. The van der Waals surface area contributed by atoms with Gasteiger partial charge < -0.3 is 227 Å². The molecule has 0 aliphatic carbocycles. The second-order valence-corrected chi connectivity index (χ2v) is 29.5. The summed E-state index contributed by atoms with van der Waals surface area (Å²) in [6, 6.07) is 0. The molecule has 0 bridgehead atoms. The summed E-state index contributed by atoms with van der Waals surface area (Å²) in [5, 5.41) is 255. The largest absolute Gasteiger partial charge is 0.394 e. The molecule has 0 amide bonds. The Morgan fingerprint density at radius 2 is 0.474 bits per heavy atom. The Kier molecular flexibility index (Phi) is 40.7. The predicted molar refractivity (Wildman–Crippen MR) is 368 cm³/mol. The summed E-state index contributed by atoms with van der Waals surface area (Å²) in [6.07, 6.45) is -58.5. The normalized spacial score (nSPS) is 47.8. The van der Waals surface area contributed by atoms with E-state index in [0.717, 1.165) is 7.11 Å². The first-order valence-electron chi connectivity index (χ1n) is 37.8. The van der Waals surface area contributed by atoms with Crippen LogP contribution in [0.1, 0.15) is 0 Å². The van der Waals surface area contributed by atoms with Crippen LogP contribution < -0.4 is 0 Å². The van der Waals surface area contributed by atoms with Gasteiger partial charge in [-0.1, -0.05) is 0 Å². The lowest BCUT2D eigenvalue weighted by molar-refractivity contribution is -0.417. The molecular weight excluding hydrogens is 1580 g/mol. The lowest BCUT2D eigenvalue weighted by Gasteiger charge is -2.48. The zero-order valence-electron chi connectivity index (χ0n) is 64.8. The molecule has 9 fully saturated rings. The highest BCUT2D eigenvalue weighted by atomic mass is 17.2. The third-order valence-corrected chi connectivity index (χ3v) is 22.3. The van der Waals surface area contributed by atoms with Crippen LogP contribution in [0.15, 0.2) is 0 Å². The molecule has 48 heteroatoms. The number of hydrogen-bond acceptors (Lipinski definition) is 48. The van der Waals surface area contributed by atoms with E-state index in [1.165, 1.54) is 42.7 Å². The Hall–Kier alpha value is -1.92. The molecule has 9 aliphatic rings. The predicted octanol–water partition coefficient (Wildman–Crippen LogP) is -15.8. The van der Waals surface area contributed by atoms with Crippen LogP contribution in [0.3, 0.4) is 0 Å². The van der Waals surface area contributed by atoms with E-state index < -0.39 is 335 Å². The quantitative estimate of drug-likeness (QED) is 0.0202. The monoisotopic (exact) mass is 1710 g/mol. The van der Waals surface area contributed by atoms with E-state index in [-0.39, 0.29) is 46.2 Å². The molecule has 0 saturated carbocycles. The van der Waals surface area contributed by atoms with Crippen molar-refractivity contribution in [2.45, 2.75) is 245 Å². The molecule has 9 heterocycles. The van der Waals surface area contributed by atoms with Gasteiger partial charge in [0, 0.05) is 72.2 Å². The fourth-order valence-corrected chi connectivity index (χ4v) is 15.5. The van der Waals surface area contributed by atoms with E-state index in [4.69, 9.17) is 109 Å². The van der Waals surface area contributed by atoms with E-state index >= 15 is 0 Å². The Morgan fingerprint density at radius 1 is 0.207 bits per heavy atom. The molecule has 682 valence electrons. The Bertz CT molecular complexity index is 2710. The summed E-state index contributed by atoms with van der Waals surface area (Å²) in [6.45, 7) is -6.76. The average molecular weight is 1710 g/mol. The molecule has 0 aromatic rings. The van der Waals surface area contributed by atoms with Crippen molar-refractivity contribution in [3.63, 3.8) is 0 Å². The van der Waals surface area contributed by atoms with Gasteiger partial charge in [0.15, 0.2) is 37.7 Å². The van der Waals surface area contributed by atoms with Crippen molar-refractivity contribution in [3.05, 3.63) is 0 Å². The third-order valence-electron chi connectivity index (χ3n) is 22.3. The molecular formula is C68H122O48. The molecule has 0 spiro atoms. The highest BCUT2D eigenvalue weighted by Crippen LogP contribution is 2.39. The second-order valence-electron chi connectivity index (χ2n) is 29.5. The van der Waals surface area contributed by atoms with Gasteiger partial charge in [-0.05, 0) is 0 Å². The highest BCUT2D eigenvalue weighted by molar-refractivity contribution is 5.01. The summed E-state index contributed by atoms with van der Waals surface area (Å²) in [5.74, 6) is -4.49. The van der Waals surface area contributed by atoms with Crippen LogP contribution in [0.25, 0.3) is 0 Å². The van der Waals surface area contributed by atoms with Gasteiger partial charge in [-0.3, -0.25) is 0 Å². The first-order valence-corrected chi connectivity index (χ1v) is 37.8. The van der Waals surface area contributed by atoms with E-state index in [0.29, 0.717) is 0 Å². The smallest absolute Gasteiger partial charge is 0.220 e. The van der Waals surface area contributed by atoms with Crippen molar-refractivity contribution in [2.24, 2.45) is 29.6 Å². The molecule has 48 nitrogen and oxygen atoms in total. The number of methoxy groups -OCH3 is 6. The second kappa shape index (κ2) is 47.4. The minimum Gasteiger partial charge on any atom is -0.394 e. The van der Waals surface area contributed by atoms with Crippen LogP contribution in [0.5, 0.6) is 0 Å². The molecule has 116 heavy (non-hydrogen) atoms.